The molecule has 0 aromatic rings. The molecule has 1 N–H and O–H groups in total. The minimum atomic E-state index is -1.13. The Balaban J connectivity index is 0. The van der Waals surface area contributed by atoms with Gasteiger partial charge >= 0.3 is 51.4 Å². The van der Waals surface area contributed by atoms with Crippen molar-refractivity contribution in [3.05, 3.63) is 0 Å². The van der Waals surface area contributed by atoms with Gasteiger partial charge in [-0.25, -0.2) is 0 Å². The summed E-state index contributed by atoms with van der Waals surface area (Å²) in [6, 6.07) is 0. The largest absolute Gasteiger partial charge is 1.00 e. The second-order valence-corrected chi connectivity index (χ2v) is 3.55. The molecule has 6 heteroatoms. The third-order valence-electron chi connectivity index (χ3n) is 1.31. The van der Waals surface area contributed by atoms with Crippen LogP contribution in [0.25, 0.3) is 0 Å². The Morgan fingerprint density at radius 1 is 1.36 bits per heavy atom. The summed E-state index contributed by atoms with van der Waals surface area (Å²) in [6.45, 7) is 2.71. The van der Waals surface area contributed by atoms with Gasteiger partial charge in [0, 0.05) is 12.3 Å². The molecule has 0 spiro atoms. The third kappa shape index (κ3) is 12.9. The molecular weight excluding hydrogens is 229 g/mol. The average molecular weight is 243 g/mol. The quantitative estimate of drug-likeness (QED) is 0.370. The van der Waals surface area contributed by atoms with Crippen LogP contribution in [0.4, 0.5) is 0 Å². The van der Waals surface area contributed by atoms with Gasteiger partial charge in [0.05, 0.1) is 11.7 Å². The first kappa shape index (κ1) is 17.3. The molecule has 0 aromatic heterocycles. The van der Waals surface area contributed by atoms with E-state index in [2.05, 4.69) is 5.32 Å². The molecule has 0 rings (SSSR count). The van der Waals surface area contributed by atoms with Gasteiger partial charge in [-0.1, -0.05) is 13.3 Å². The number of carbonyl (C=O) groups is 2. The number of rotatable bonds is 7. The number of hydrogen-bond donors (Lipinski definition) is 1. The number of nitrogens with one attached hydrogen (secondary N) is 1. The predicted molar refractivity (Wildman–Crippen MR) is 50.2 cm³/mol. The van der Waals surface area contributed by atoms with Gasteiger partial charge in [-0.05, 0) is 6.42 Å². The Labute approximate surface area is 131 Å². The van der Waals surface area contributed by atoms with Crippen molar-refractivity contribution in [1.82, 2.24) is 5.32 Å². The van der Waals surface area contributed by atoms with Gasteiger partial charge in [0.2, 0.25) is 5.91 Å². The number of carbonyl (C=O) groups excluding carboxylic acids is 2. The van der Waals surface area contributed by atoms with Crippen molar-refractivity contribution in [3.63, 3.8) is 0 Å². The van der Waals surface area contributed by atoms with E-state index in [0.717, 1.165) is 24.6 Å². The fourth-order valence-corrected chi connectivity index (χ4v) is 1.24. The number of aliphatic carboxylic acids is 1. The third-order valence-corrected chi connectivity index (χ3v) is 2.21. The second-order valence-electron chi connectivity index (χ2n) is 2.57. The molecule has 76 valence electrons. The van der Waals surface area contributed by atoms with E-state index in [1.54, 1.807) is 0 Å². The van der Waals surface area contributed by atoms with E-state index in [9.17, 15) is 14.7 Å². The molecule has 0 saturated heterocycles. The molecule has 0 aliphatic rings. The number of hydrogen-bond acceptors (Lipinski definition) is 4. The molecule has 0 unspecified atom stereocenters. The van der Waals surface area contributed by atoms with E-state index in [1.807, 2.05) is 6.92 Å². The van der Waals surface area contributed by atoms with Crippen LogP contribution < -0.4 is 61.8 Å². The second kappa shape index (κ2) is 12.0. The zero-order chi connectivity index (χ0) is 10.1. The van der Waals surface area contributed by atoms with E-state index >= 15 is 0 Å². The van der Waals surface area contributed by atoms with Crippen LogP contribution in [-0.4, -0.2) is 29.9 Å². The predicted octanol–water partition coefficient (Wildman–Crippen LogP) is -3.61. The van der Waals surface area contributed by atoms with Gasteiger partial charge in [-0.15, -0.1) is 11.8 Å². The Morgan fingerprint density at radius 3 is 2.50 bits per heavy atom. The van der Waals surface area contributed by atoms with Crippen molar-refractivity contribution in [2.45, 2.75) is 19.8 Å². The van der Waals surface area contributed by atoms with Crippen LogP contribution in [0.3, 0.4) is 0 Å². The molecule has 0 saturated carbocycles. The molecule has 0 bridgehead atoms. The topological polar surface area (TPSA) is 69.2 Å². The van der Waals surface area contributed by atoms with E-state index in [1.165, 1.54) is 0 Å². The fraction of sp³-hybridized carbons (Fsp3) is 0.750. The smallest absolute Gasteiger partial charge is 0.549 e. The number of amides is 1. The van der Waals surface area contributed by atoms with Crippen molar-refractivity contribution >= 4 is 23.6 Å². The molecular formula is C8H14KNO3S. The molecule has 14 heavy (non-hydrogen) atoms. The maximum atomic E-state index is 11.0. The van der Waals surface area contributed by atoms with Gasteiger partial charge in [0.1, 0.15) is 0 Å². The van der Waals surface area contributed by atoms with Gasteiger partial charge in [-0.2, -0.15) is 0 Å². The molecule has 1 amide bonds. The number of carboxylic acid groups (broad SMARTS) is 1. The van der Waals surface area contributed by atoms with Gasteiger partial charge in [0.25, 0.3) is 0 Å². The minimum absolute atomic E-state index is 0. The Kier molecular flexibility index (Phi) is 14.8. The number of carboxylic acids is 1. The van der Waals surface area contributed by atoms with E-state index < -0.39 is 5.97 Å². The standard InChI is InChI=1S/C8H15NO3S.K/c1-2-3-4-9-7(10)5-13-6-8(11)12;/h2-6H2,1H3,(H,9,10)(H,11,12);/q;+1/p-1. The molecule has 4 nitrogen and oxygen atoms in total. The Morgan fingerprint density at radius 2 is 2.00 bits per heavy atom. The molecule has 0 aromatic carbocycles. The minimum Gasteiger partial charge on any atom is -0.549 e. The first-order valence-electron chi connectivity index (χ1n) is 4.21. The monoisotopic (exact) mass is 243 g/mol. The summed E-state index contributed by atoms with van der Waals surface area (Å²) in [5, 5.41) is 12.7. The fourth-order valence-electron chi connectivity index (χ4n) is 0.683. The zero-order valence-corrected chi connectivity index (χ0v) is 12.6. The maximum Gasteiger partial charge on any atom is 1.00 e. The summed E-state index contributed by atoms with van der Waals surface area (Å²) in [6.07, 6.45) is 1.99. The first-order chi connectivity index (χ1) is 6.16. The summed E-state index contributed by atoms with van der Waals surface area (Å²) in [4.78, 5) is 20.9. The van der Waals surface area contributed by atoms with Crippen LogP contribution in [-0.2, 0) is 9.59 Å². The summed E-state index contributed by atoms with van der Waals surface area (Å²) < 4.78 is 0. The van der Waals surface area contributed by atoms with Crippen LogP contribution in [0.1, 0.15) is 19.8 Å². The summed E-state index contributed by atoms with van der Waals surface area (Å²) in [5.41, 5.74) is 0. The van der Waals surface area contributed by atoms with Crippen molar-refractivity contribution < 1.29 is 66.1 Å². The van der Waals surface area contributed by atoms with E-state index in [0.29, 0.717) is 6.54 Å². The van der Waals surface area contributed by atoms with Gasteiger partial charge < -0.3 is 15.2 Å². The normalized spacial score (nSPS) is 8.93. The van der Waals surface area contributed by atoms with Crippen LogP contribution in [0.15, 0.2) is 0 Å². The molecule has 0 atom stereocenters. The van der Waals surface area contributed by atoms with Crippen molar-refractivity contribution in [1.29, 1.82) is 0 Å². The summed E-state index contributed by atoms with van der Waals surface area (Å²) in [7, 11) is 0. The van der Waals surface area contributed by atoms with Crippen molar-refractivity contribution in [2.75, 3.05) is 18.1 Å². The Bertz CT molecular complexity index is 178. The van der Waals surface area contributed by atoms with Crippen LogP contribution >= 0.6 is 11.8 Å². The molecule has 0 heterocycles. The van der Waals surface area contributed by atoms with Crippen LogP contribution in [0.5, 0.6) is 0 Å². The van der Waals surface area contributed by atoms with Crippen molar-refractivity contribution in [3.8, 4) is 0 Å². The molecule has 0 aliphatic heterocycles. The zero-order valence-electron chi connectivity index (χ0n) is 8.67. The van der Waals surface area contributed by atoms with Gasteiger partial charge in [0.15, 0.2) is 0 Å². The summed E-state index contributed by atoms with van der Waals surface area (Å²) >= 11 is 1.05. The average Bonchev–Trinajstić information content (AvgIpc) is 2.04. The van der Waals surface area contributed by atoms with E-state index in [4.69, 9.17) is 0 Å². The van der Waals surface area contributed by atoms with E-state index in [-0.39, 0.29) is 68.8 Å². The first-order valence-corrected chi connectivity index (χ1v) is 5.36. The number of unbranched alkanes of at least 4 members (excludes halogenated alkanes) is 1. The van der Waals surface area contributed by atoms with Crippen LogP contribution in [0.2, 0.25) is 0 Å². The van der Waals surface area contributed by atoms with Crippen LogP contribution in [0, 0.1) is 0 Å². The molecule has 0 fully saturated rings. The molecule has 0 aliphatic carbocycles. The Hall–Kier alpha value is 0.926. The maximum absolute atomic E-state index is 11.0. The van der Waals surface area contributed by atoms with Gasteiger partial charge in [-0.3, -0.25) is 4.79 Å². The number of thioether (sulfide) groups is 1. The summed E-state index contributed by atoms with van der Waals surface area (Å²) in [5.74, 6) is -1.18. The molecule has 0 radical (unpaired) electrons. The van der Waals surface area contributed by atoms with Crippen molar-refractivity contribution in [2.24, 2.45) is 0 Å². The SMILES string of the molecule is CCCCNC(=O)CSCC(=O)[O-].[K+].